The molecular weight excluding hydrogens is 238 g/mol. The summed E-state index contributed by atoms with van der Waals surface area (Å²) < 4.78 is 5.22. The van der Waals surface area contributed by atoms with Crippen molar-refractivity contribution in [2.24, 2.45) is 0 Å². The van der Waals surface area contributed by atoms with E-state index in [2.05, 4.69) is 37.0 Å². The summed E-state index contributed by atoms with van der Waals surface area (Å²) in [6, 6.07) is 0. The van der Waals surface area contributed by atoms with Crippen LogP contribution in [0.15, 0.2) is 47.8 Å². The van der Waals surface area contributed by atoms with Crippen molar-refractivity contribution in [3.63, 3.8) is 0 Å². The first-order valence-electron chi connectivity index (χ1n) is 6.76. The van der Waals surface area contributed by atoms with Crippen LogP contribution in [0.3, 0.4) is 0 Å². The fourth-order valence-electron chi connectivity index (χ4n) is 1.97. The normalized spacial score (nSPS) is 16.8. The predicted octanol–water partition coefficient (Wildman–Crippen LogP) is 3.27. The third-order valence-electron chi connectivity index (χ3n) is 2.95. The maximum atomic E-state index is 11.8. The van der Waals surface area contributed by atoms with Crippen LogP contribution in [0.25, 0.3) is 0 Å². The maximum absolute atomic E-state index is 11.8. The Balaban J connectivity index is 2.76. The van der Waals surface area contributed by atoms with E-state index in [1.807, 2.05) is 6.08 Å². The fourth-order valence-corrected chi connectivity index (χ4v) is 1.97. The average Bonchev–Trinajstić information content (AvgIpc) is 2.59. The van der Waals surface area contributed by atoms with Gasteiger partial charge in [0.05, 0.1) is 7.11 Å². The zero-order valence-electron chi connectivity index (χ0n) is 11.9. The van der Waals surface area contributed by atoms with Gasteiger partial charge >= 0.3 is 0 Å². The summed E-state index contributed by atoms with van der Waals surface area (Å²) in [6.45, 7) is 6.84. The lowest BCUT2D eigenvalue weighted by atomic mass is 10.0. The molecule has 19 heavy (non-hydrogen) atoms. The van der Waals surface area contributed by atoms with E-state index in [1.54, 1.807) is 0 Å². The van der Waals surface area contributed by atoms with Gasteiger partial charge in [0.2, 0.25) is 0 Å². The summed E-state index contributed by atoms with van der Waals surface area (Å²) in [5.41, 5.74) is 1.77. The summed E-state index contributed by atoms with van der Waals surface area (Å²) >= 11 is 0. The first kappa shape index (κ1) is 15.3. The number of hydrogen-bond acceptors (Lipinski definition) is 2. The van der Waals surface area contributed by atoms with E-state index in [9.17, 15) is 4.79 Å². The summed E-state index contributed by atoms with van der Waals surface area (Å²) in [4.78, 5) is 11.8. The number of carbonyl (C=O) groups excluding carboxylic acids is 1. The quantitative estimate of drug-likeness (QED) is 0.588. The van der Waals surface area contributed by atoms with Gasteiger partial charge in [-0.05, 0) is 31.3 Å². The van der Waals surface area contributed by atoms with Crippen LogP contribution in [0, 0.1) is 0 Å². The standard InChI is InChI=1S/C16H23NO2/c1-4-5-6-7-8-10-13(2)14-11-9-12-17-16(18)15(14)19-3/h5-6,8,10H,2,4,7,9,11-12H2,1,3H3,(H,17,18)/b6-5-,10-8-. The van der Waals surface area contributed by atoms with Gasteiger partial charge in [0, 0.05) is 12.1 Å². The highest BCUT2D eigenvalue weighted by atomic mass is 16.5. The van der Waals surface area contributed by atoms with E-state index in [0.29, 0.717) is 12.3 Å². The smallest absolute Gasteiger partial charge is 0.286 e. The molecule has 0 aromatic carbocycles. The molecular formula is C16H23NO2. The topological polar surface area (TPSA) is 38.3 Å². The minimum atomic E-state index is -0.143. The van der Waals surface area contributed by atoms with E-state index in [0.717, 1.165) is 36.8 Å². The lowest BCUT2D eigenvalue weighted by Gasteiger charge is -2.10. The van der Waals surface area contributed by atoms with Crippen molar-refractivity contribution in [1.82, 2.24) is 5.32 Å². The van der Waals surface area contributed by atoms with E-state index in [1.165, 1.54) is 7.11 Å². The van der Waals surface area contributed by atoms with Crippen LogP contribution in [0.5, 0.6) is 0 Å². The Morgan fingerprint density at radius 2 is 2.21 bits per heavy atom. The van der Waals surface area contributed by atoms with Crippen LogP contribution in [-0.2, 0) is 9.53 Å². The van der Waals surface area contributed by atoms with Crippen molar-refractivity contribution in [1.29, 1.82) is 0 Å². The first-order chi connectivity index (χ1) is 9.20. The first-order valence-corrected chi connectivity index (χ1v) is 6.76. The number of nitrogens with one attached hydrogen (secondary N) is 1. The van der Waals surface area contributed by atoms with E-state index >= 15 is 0 Å². The molecule has 0 aliphatic carbocycles. The highest BCUT2D eigenvalue weighted by Gasteiger charge is 2.19. The summed E-state index contributed by atoms with van der Waals surface area (Å²) in [6.07, 6.45) is 11.9. The Morgan fingerprint density at radius 1 is 1.42 bits per heavy atom. The molecule has 0 spiro atoms. The van der Waals surface area contributed by atoms with Crippen LogP contribution in [0.4, 0.5) is 0 Å². The van der Waals surface area contributed by atoms with Crippen molar-refractivity contribution in [3.8, 4) is 0 Å². The molecule has 0 atom stereocenters. The third kappa shape index (κ3) is 4.78. The molecule has 3 nitrogen and oxygen atoms in total. The van der Waals surface area contributed by atoms with E-state index < -0.39 is 0 Å². The van der Waals surface area contributed by atoms with Gasteiger partial charge in [-0.15, -0.1) is 0 Å². The zero-order valence-corrected chi connectivity index (χ0v) is 11.9. The van der Waals surface area contributed by atoms with Gasteiger partial charge in [-0.2, -0.15) is 0 Å². The second-order valence-corrected chi connectivity index (χ2v) is 4.41. The third-order valence-corrected chi connectivity index (χ3v) is 2.95. The van der Waals surface area contributed by atoms with Gasteiger partial charge in [0.15, 0.2) is 5.76 Å². The highest BCUT2D eigenvalue weighted by Crippen LogP contribution is 2.23. The number of carbonyl (C=O) groups is 1. The molecule has 0 fully saturated rings. The lowest BCUT2D eigenvalue weighted by Crippen LogP contribution is -2.25. The largest absolute Gasteiger partial charge is 0.491 e. The molecule has 0 aromatic heterocycles. The van der Waals surface area contributed by atoms with Gasteiger partial charge in [0.1, 0.15) is 0 Å². The van der Waals surface area contributed by atoms with Gasteiger partial charge < -0.3 is 10.1 Å². The molecule has 1 N–H and O–H groups in total. The number of methoxy groups -OCH3 is 1. The van der Waals surface area contributed by atoms with Crippen LogP contribution in [0.1, 0.15) is 32.6 Å². The van der Waals surface area contributed by atoms with Crippen molar-refractivity contribution < 1.29 is 9.53 Å². The highest BCUT2D eigenvalue weighted by molar-refractivity contribution is 5.93. The molecule has 0 saturated heterocycles. The van der Waals surface area contributed by atoms with Crippen LogP contribution in [-0.4, -0.2) is 19.6 Å². The molecule has 0 saturated carbocycles. The Kier molecular flexibility index (Phi) is 6.72. The minimum Gasteiger partial charge on any atom is -0.491 e. The Morgan fingerprint density at radius 3 is 2.89 bits per heavy atom. The van der Waals surface area contributed by atoms with Crippen molar-refractivity contribution in [3.05, 3.63) is 47.8 Å². The van der Waals surface area contributed by atoms with Crippen LogP contribution >= 0.6 is 0 Å². The molecule has 1 aliphatic rings. The average molecular weight is 261 g/mol. The van der Waals surface area contributed by atoms with E-state index in [-0.39, 0.29) is 5.91 Å². The minimum absolute atomic E-state index is 0.143. The summed E-state index contributed by atoms with van der Waals surface area (Å²) in [5, 5.41) is 2.82. The molecule has 0 unspecified atom stereocenters. The van der Waals surface area contributed by atoms with E-state index in [4.69, 9.17) is 4.74 Å². The van der Waals surface area contributed by atoms with Crippen LogP contribution in [0.2, 0.25) is 0 Å². The van der Waals surface area contributed by atoms with Gasteiger partial charge in [-0.3, -0.25) is 4.79 Å². The maximum Gasteiger partial charge on any atom is 0.286 e. The summed E-state index contributed by atoms with van der Waals surface area (Å²) in [5.74, 6) is 0.256. The molecule has 104 valence electrons. The van der Waals surface area contributed by atoms with Gasteiger partial charge in [0.25, 0.3) is 5.91 Å². The number of rotatable bonds is 6. The van der Waals surface area contributed by atoms with Gasteiger partial charge in [-0.25, -0.2) is 0 Å². The van der Waals surface area contributed by atoms with Crippen LogP contribution < -0.4 is 5.32 Å². The molecule has 3 heteroatoms. The SMILES string of the molecule is C=C(/C=C\C/C=C\CC)C1=C(OC)C(=O)NCCC1. The number of amides is 1. The Bertz CT molecular complexity index is 416. The second kappa shape index (κ2) is 8.35. The number of ether oxygens (including phenoxy) is 1. The number of allylic oxidation sites excluding steroid dienone is 6. The molecule has 1 amide bonds. The lowest BCUT2D eigenvalue weighted by molar-refractivity contribution is -0.120. The monoisotopic (exact) mass is 261 g/mol. The number of hydrogen-bond donors (Lipinski definition) is 1. The van der Waals surface area contributed by atoms with Crippen molar-refractivity contribution >= 4 is 5.91 Å². The van der Waals surface area contributed by atoms with Crippen molar-refractivity contribution in [2.75, 3.05) is 13.7 Å². The fraction of sp³-hybridized carbons (Fsp3) is 0.438. The molecule has 1 rings (SSSR count). The Labute approximate surface area is 115 Å². The molecule has 0 bridgehead atoms. The second-order valence-electron chi connectivity index (χ2n) is 4.41. The Hall–Kier alpha value is -1.77. The molecule has 1 heterocycles. The molecule has 0 aromatic rings. The molecule has 1 aliphatic heterocycles. The predicted molar refractivity (Wildman–Crippen MR) is 78.6 cm³/mol. The zero-order chi connectivity index (χ0) is 14.1. The summed E-state index contributed by atoms with van der Waals surface area (Å²) in [7, 11) is 1.53. The van der Waals surface area contributed by atoms with Crippen molar-refractivity contribution in [2.45, 2.75) is 32.6 Å². The molecule has 0 radical (unpaired) electrons. The van der Waals surface area contributed by atoms with Gasteiger partial charge in [-0.1, -0.05) is 37.8 Å².